The van der Waals surface area contributed by atoms with E-state index in [-0.39, 0.29) is 11.9 Å². The highest BCUT2D eigenvalue weighted by molar-refractivity contribution is 7.17. The Morgan fingerprint density at radius 1 is 1.17 bits per heavy atom. The van der Waals surface area contributed by atoms with E-state index in [0.717, 1.165) is 16.6 Å². The summed E-state index contributed by atoms with van der Waals surface area (Å²) in [5.74, 6) is -0.0302. The van der Waals surface area contributed by atoms with Crippen molar-refractivity contribution in [1.29, 1.82) is 0 Å². The third-order valence-electron chi connectivity index (χ3n) is 4.06. The quantitative estimate of drug-likeness (QED) is 0.569. The lowest BCUT2D eigenvalue weighted by molar-refractivity contribution is 0.0940. The molecule has 0 aliphatic carbocycles. The zero-order chi connectivity index (χ0) is 16.5. The van der Waals surface area contributed by atoms with E-state index in [9.17, 15) is 4.79 Å². The molecule has 0 aliphatic heterocycles. The van der Waals surface area contributed by atoms with Gasteiger partial charge >= 0.3 is 0 Å². The molecule has 3 nitrogen and oxygen atoms in total. The predicted octanol–water partition coefficient (Wildman–Crippen LogP) is 4.87. The van der Waals surface area contributed by atoms with Crippen LogP contribution < -0.4 is 5.32 Å². The minimum atomic E-state index is -0.0302. The largest absolute Gasteiger partial charge is 0.349 e. The van der Waals surface area contributed by atoms with Crippen molar-refractivity contribution in [3.63, 3.8) is 0 Å². The Kier molecular flexibility index (Phi) is 4.04. The number of benzene rings is 2. The molecule has 5 heteroatoms. The molecule has 4 aromatic rings. The fourth-order valence-corrected chi connectivity index (χ4v) is 4.57. The van der Waals surface area contributed by atoms with E-state index in [0.29, 0.717) is 5.56 Å². The highest BCUT2D eigenvalue weighted by Gasteiger charge is 2.13. The van der Waals surface area contributed by atoms with Crippen molar-refractivity contribution in [3.8, 4) is 0 Å². The molecule has 1 N–H and O–H groups in total. The first kappa shape index (κ1) is 15.3. The Morgan fingerprint density at radius 3 is 2.96 bits per heavy atom. The third kappa shape index (κ3) is 2.92. The van der Waals surface area contributed by atoms with Crippen molar-refractivity contribution in [2.24, 2.45) is 0 Å². The molecule has 1 unspecified atom stereocenters. The normalized spacial score (nSPS) is 12.5. The Bertz CT molecular complexity index is 1020. The monoisotopic (exact) mass is 352 g/mol. The minimum absolute atomic E-state index is 0.0302. The summed E-state index contributed by atoms with van der Waals surface area (Å²) >= 11 is 3.31. The summed E-state index contributed by atoms with van der Waals surface area (Å²) in [5, 5.41) is 6.58. The van der Waals surface area contributed by atoms with E-state index in [2.05, 4.69) is 46.9 Å². The molecule has 24 heavy (non-hydrogen) atoms. The van der Waals surface area contributed by atoms with Crippen molar-refractivity contribution in [3.05, 3.63) is 64.5 Å². The molecule has 2 aromatic heterocycles. The fraction of sp³-hybridized carbons (Fsp3) is 0.158. The molecule has 0 bridgehead atoms. The van der Waals surface area contributed by atoms with Gasteiger partial charge in [-0.25, -0.2) is 4.98 Å². The lowest BCUT2D eigenvalue weighted by atomic mass is 10.1. The van der Waals surface area contributed by atoms with Gasteiger partial charge in [-0.15, -0.1) is 22.7 Å². The van der Waals surface area contributed by atoms with Crippen LogP contribution in [0.15, 0.2) is 53.4 Å². The molecule has 0 saturated heterocycles. The highest BCUT2D eigenvalue weighted by atomic mass is 32.1. The number of rotatable bonds is 4. The molecule has 0 aliphatic rings. The summed E-state index contributed by atoms with van der Waals surface area (Å²) in [7, 11) is 0. The Hall–Kier alpha value is -2.24. The minimum Gasteiger partial charge on any atom is -0.349 e. The molecule has 0 fully saturated rings. The smallest absolute Gasteiger partial charge is 0.251 e. The second-order valence-electron chi connectivity index (χ2n) is 5.87. The van der Waals surface area contributed by atoms with Gasteiger partial charge in [-0.1, -0.05) is 18.2 Å². The van der Waals surface area contributed by atoms with Crippen LogP contribution in [0, 0.1) is 0 Å². The summed E-state index contributed by atoms with van der Waals surface area (Å²) in [5.41, 5.74) is 4.72. The number of hydrogen-bond donors (Lipinski definition) is 1. The number of hydrogen-bond acceptors (Lipinski definition) is 4. The predicted molar refractivity (Wildman–Crippen MR) is 102 cm³/mol. The lowest BCUT2D eigenvalue weighted by Crippen LogP contribution is -2.34. The molecule has 0 saturated carbocycles. The second-order valence-corrected chi connectivity index (χ2v) is 7.67. The van der Waals surface area contributed by atoms with Gasteiger partial charge in [0, 0.05) is 16.3 Å². The average Bonchev–Trinajstić information content (AvgIpc) is 3.21. The number of thiazole rings is 1. The Balaban J connectivity index is 1.48. The van der Waals surface area contributed by atoms with Crippen LogP contribution in [-0.2, 0) is 6.42 Å². The summed E-state index contributed by atoms with van der Waals surface area (Å²) in [4.78, 5) is 16.7. The van der Waals surface area contributed by atoms with Crippen molar-refractivity contribution < 1.29 is 4.79 Å². The van der Waals surface area contributed by atoms with Crippen LogP contribution >= 0.6 is 22.7 Å². The zero-order valence-corrected chi connectivity index (χ0v) is 14.8. The molecular formula is C19H16N2OS2. The van der Waals surface area contributed by atoms with Crippen molar-refractivity contribution >= 4 is 48.9 Å². The second kappa shape index (κ2) is 6.34. The van der Waals surface area contributed by atoms with Gasteiger partial charge in [0.05, 0.1) is 15.7 Å². The first-order valence-corrected chi connectivity index (χ1v) is 9.56. The maximum absolute atomic E-state index is 12.5. The van der Waals surface area contributed by atoms with E-state index in [1.165, 1.54) is 15.6 Å². The molecule has 1 atom stereocenters. The summed E-state index contributed by atoms with van der Waals surface area (Å²) in [6, 6.07) is 14.1. The number of thiophene rings is 1. The maximum atomic E-state index is 12.5. The number of carbonyl (C=O) groups excluding carboxylic acids is 1. The summed E-state index contributed by atoms with van der Waals surface area (Å²) in [6.45, 7) is 2.05. The van der Waals surface area contributed by atoms with Gasteiger partial charge in [-0.2, -0.15) is 0 Å². The van der Waals surface area contributed by atoms with Crippen LogP contribution in [0.3, 0.4) is 0 Å². The highest BCUT2D eigenvalue weighted by Crippen LogP contribution is 2.26. The van der Waals surface area contributed by atoms with Gasteiger partial charge in [0.25, 0.3) is 5.91 Å². The molecule has 2 aromatic carbocycles. The average molecular weight is 352 g/mol. The molecule has 120 valence electrons. The summed E-state index contributed by atoms with van der Waals surface area (Å²) in [6.07, 6.45) is 0.832. The van der Waals surface area contributed by atoms with Gasteiger partial charge in [-0.05, 0) is 53.9 Å². The van der Waals surface area contributed by atoms with Crippen LogP contribution in [0.1, 0.15) is 22.8 Å². The molecular weight excluding hydrogens is 336 g/mol. The van der Waals surface area contributed by atoms with Crippen molar-refractivity contribution in [1.82, 2.24) is 10.3 Å². The van der Waals surface area contributed by atoms with Crippen LogP contribution in [0.2, 0.25) is 0 Å². The van der Waals surface area contributed by atoms with E-state index in [1.807, 2.05) is 18.2 Å². The van der Waals surface area contributed by atoms with Gasteiger partial charge in [0.15, 0.2) is 0 Å². The maximum Gasteiger partial charge on any atom is 0.251 e. The molecule has 4 rings (SSSR count). The van der Waals surface area contributed by atoms with E-state index in [4.69, 9.17) is 0 Å². The van der Waals surface area contributed by atoms with Gasteiger partial charge < -0.3 is 5.32 Å². The molecule has 1 amide bonds. The van der Waals surface area contributed by atoms with Gasteiger partial charge in [0.2, 0.25) is 0 Å². The van der Waals surface area contributed by atoms with Crippen LogP contribution in [0.5, 0.6) is 0 Å². The number of fused-ring (bicyclic) bond motifs is 2. The number of nitrogens with one attached hydrogen (secondary N) is 1. The molecule has 2 heterocycles. The number of nitrogens with zero attached hydrogens (tertiary/aromatic N) is 1. The first-order valence-electron chi connectivity index (χ1n) is 7.80. The SMILES string of the molecule is CC(Cc1csc2ccccc12)NC(=O)c1ccc2ncsc2c1. The van der Waals surface area contributed by atoms with Crippen molar-refractivity contribution in [2.45, 2.75) is 19.4 Å². The van der Waals surface area contributed by atoms with E-state index in [1.54, 1.807) is 28.2 Å². The number of amides is 1. The number of carbonyl (C=O) groups is 1. The third-order valence-corrected chi connectivity index (χ3v) is 5.86. The fourth-order valence-electron chi connectivity index (χ4n) is 2.88. The Morgan fingerprint density at radius 2 is 2.04 bits per heavy atom. The lowest BCUT2D eigenvalue weighted by Gasteiger charge is -2.13. The number of aromatic nitrogens is 1. The van der Waals surface area contributed by atoms with Crippen molar-refractivity contribution in [2.75, 3.05) is 0 Å². The van der Waals surface area contributed by atoms with Crippen LogP contribution in [0.4, 0.5) is 0 Å². The van der Waals surface area contributed by atoms with E-state index >= 15 is 0 Å². The Labute approximate surface area is 148 Å². The summed E-state index contributed by atoms with van der Waals surface area (Å²) < 4.78 is 2.33. The van der Waals surface area contributed by atoms with Gasteiger partial charge in [-0.3, -0.25) is 4.79 Å². The molecule has 0 radical (unpaired) electrons. The van der Waals surface area contributed by atoms with E-state index < -0.39 is 0 Å². The topological polar surface area (TPSA) is 42.0 Å². The molecule has 0 spiro atoms. The van der Waals surface area contributed by atoms with Crippen LogP contribution in [0.25, 0.3) is 20.3 Å². The van der Waals surface area contributed by atoms with Gasteiger partial charge in [0.1, 0.15) is 0 Å². The van der Waals surface area contributed by atoms with Crippen LogP contribution in [-0.4, -0.2) is 16.9 Å². The standard InChI is InChI=1S/C19H16N2OS2/c1-12(8-14-10-23-17-5-3-2-4-15(14)17)21-19(22)13-6-7-16-18(9-13)24-11-20-16/h2-7,9-12H,8H2,1H3,(H,21,22). The first-order chi connectivity index (χ1) is 11.7. The zero-order valence-electron chi connectivity index (χ0n) is 13.2.